The average molecular weight is 355 g/mol. The molecule has 0 aliphatic carbocycles. The van der Waals surface area contributed by atoms with Gasteiger partial charge in [-0.05, 0) is 23.3 Å². The van der Waals surface area contributed by atoms with Crippen molar-refractivity contribution in [2.75, 3.05) is 7.05 Å². The van der Waals surface area contributed by atoms with Crippen LogP contribution in [0.25, 0.3) is 11.4 Å². The SMILES string of the molecule is CC(C)Cc1nc(CN(C)C(=O)c2ccc(-c3nnn(C)n3)cc2)no1. The van der Waals surface area contributed by atoms with E-state index in [2.05, 4.69) is 39.4 Å². The molecule has 136 valence electrons. The van der Waals surface area contributed by atoms with E-state index in [0.717, 1.165) is 12.0 Å². The summed E-state index contributed by atoms with van der Waals surface area (Å²) in [6, 6.07) is 7.08. The Morgan fingerprint density at radius 3 is 2.62 bits per heavy atom. The summed E-state index contributed by atoms with van der Waals surface area (Å²) >= 11 is 0. The van der Waals surface area contributed by atoms with Gasteiger partial charge < -0.3 is 9.42 Å². The number of rotatable bonds is 6. The highest BCUT2D eigenvalue weighted by atomic mass is 16.5. The largest absolute Gasteiger partial charge is 0.339 e. The molecule has 0 unspecified atom stereocenters. The van der Waals surface area contributed by atoms with Gasteiger partial charge in [0.05, 0.1) is 13.6 Å². The van der Waals surface area contributed by atoms with Crippen molar-refractivity contribution in [3.63, 3.8) is 0 Å². The molecule has 1 amide bonds. The second-order valence-electron chi connectivity index (χ2n) is 6.54. The van der Waals surface area contributed by atoms with Crippen LogP contribution in [0.5, 0.6) is 0 Å². The number of nitrogens with zero attached hydrogens (tertiary/aromatic N) is 7. The van der Waals surface area contributed by atoms with Gasteiger partial charge in [0, 0.05) is 24.6 Å². The number of amides is 1. The van der Waals surface area contributed by atoms with Crippen molar-refractivity contribution in [1.29, 1.82) is 0 Å². The first-order valence-corrected chi connectivity index (χ1v) is 8.33. The number of carbonyl (C=O) groups excluding carboxylic acids is 1. The maximum absolute atomic E-state index is 12.6. The van der Waals surface area contributed by atoms with Crippen molar-refractivity contribution in [3.05, 3.63) is 41.5 Å². The lowest BCUT2D eigenvalue weighted by atomic mass is 10.1. The van der Waals surface area contributed by atoms with Gasteiger partial charge in [-0.2, -0.15) is 9.78 Å². The van der Waals surface area contributed by atoms with E-state index in [1.165, 1.54) is 4.80 Å². The monoisotopic (exact) mass is 355 g/mol. The number of tetrazole rings is 1. The van der Waals surface area contributed by atoms with Gasteiger partial charge in [0.15, 0.2) is 5.82 Å². The molecule has 0 fully saturated rings. The summed E-state index contributed by atoms with van der Waals surface area (Å²) in [6.45, 7) is 4.45. The van der Waals surface area contributed by atoms with Gasteiger partial charge >= 0.3 is 0 Å². The van der Waals surface area contributed by atoms with E-state index in [1.54, 1.807) is 43.3 Å². The van der Waals surface area contributed by atoms with E-state index >= 15 is 0 Å². The maximum Gasteiger partial charge on any atom is 0.254 e. The van der Waals surface area contributed by atoms with E-state index in [9.17, 15) is 4.79 Å². The Labute approximate surface area is 151 Å². The van der Waals surface area contributed by atoms with Gasteiger partial charge in [-0.1, -0.05) is 31.1 Å². The second-order valence-corrected chi connectivity index (χ2v) is 6.54. The molecule has 0 N–H and O–H groups in total. The number of hydrogen-bond donors (Lipinski definition) is 0. The molecule has 9 heteroatoms. The first kappa shape index (κ1) is 17.7. The molecule has 9 nitrogen and oxygen atoms in total. The molecule has 0 atom stereocenters. The van der Waals surface area contributed by atoms with Crippen molar-refractivity contribution in [2.24, 2.45) is 13.0 Å². The summed E-state index contributed by atoms with van der Waals surface area (Å²) < 4.78 is 5.21. The molecule has 0 saturated carbocycles. The lowest BCUT2D eigenvalue weighted by molar-refractivity contribution is 0.0780. The smallest absolute Gasteiger partial charge is 0.254 e. The minimum atomic E-state index is -0.126. The Morgan fingerprint density at radius 2 is 2.00 bits per heavy atom. The van der Waals surface area contributed by atoms with Crippen molar-refractivity contribution in [1.82, 2.24) is 35.2 Å². The summed E-state index contributed by atoms with van der Waals surface area (Å²) in [5, 5.41) is 15.8. The Hall–Kier alpha value is -3.10. The van der Waals surface area contributed by atoms with Crippen LogP contribution in [0.4, 0.5) is 0 Å². The van der Waals surface area contributed by atoms with Crippen molar-refractivity contribution >= 4 is 5.91 Å². The van der Waals surface area contributed by atoms with E-state index in [4.69, 9.17) is 4.52 Å². The number of carbonyl (C=O) groups is 1. The van der Waals surface area contributed by atoms with Gasteiger partial charge in [0.2, 0.25) is 11.7 Å². The summed E-state index contributed by atoms with van der Waals surface area (Å²) in [7, 11) is 3.41. The molecule has 2 heterocycles. The van der Waals surface area contributed by atoms with Crippen LogP contribution in [-0.2, 0) is 20.0 Å². The fraction of sp³-hybridized carbons (Fsp3) is 0.412. The molecule has 0 spiro atoms. The number of aromatic nitrogens is 6. The molecule has 0 bridgehead atoms. The van der Waals surface area contributed by atoms with Crippen LogP contribution in [0.3, 0.4) is 0 Å². The third-order valence-corrected chi connectivity index (χ3v) is 3.72. The summed E-state index contributed by atoms with van der Waals surface area (Å²) in [4.78, 5) is 19.8. The van der Waals surface area contributed by atoms with Crippen LogP contribution < -0.4 is 0 Å². The number of aryl methyl sites for hydroxylation is 1. The third kappa shape index (κ3) is 4.11. The average Bonchev–Trinajstić information content (AvgIpc) is 3.23. The van der Waals surface area contributed by atoms with Gasteiger partial charge in [-0.3, -0.25) is 4.79 Å². The van der Waals surface area contributed by atoms with Crippen LogP contribution in [0.2, 0.25) is 0 Å². The summed E-state index contributed by atoms with van der Waals surface area (Å²) in [6.07, 6.45) is 0.725. The lowest BCUT2D eigenvalue weighted by Crippen LogP contribution is -2.26. The van der Waals surface area contributed by atoms with Crippen LogP contribution in [0.1, 0.15) is 35.9 Å². The molecule has 0 radical (unpaired) electrons. The van der Waals surface area contributed by atoms with Crippen LogP contribution in [-0.4, -0.2) is 48.2 Å². The summed E-state index contributed by atoms with van der Waals surface area (Å²) in [5.74, 6) is 1.92. The highest BCUT2D eigenvalue weighted by Crippen LogP contribution is 2.16. The molecule has 2 aromatic heterocycles. The van der Waals surface area contributed by atoms with Crippen molar-refractivity contribution < 1.29 is 9.32 Å². The number of benzene rings is 1. The Kier molecular flexibility index (Phi) is 5.06. The molecule has 3 aromatic rings. The second kappa shape index (κ2) is 7.42. The molecule has 26 heavy (non-hydrogen) atoms. The molecule has 1 aromatic carbocycles. The van der Waals surface area contributed by atoms with Gasteiger partial charge in [-0.15, -0.1) is 10.2 Å². The molecule has 0 saturated heterocycles. The first-order chi connectivity index (χ1) is 12.4. The highest BCUT2D eigenvalue weighted by Gasteiger charge is 2.16. The zero-order valence-electron chi connectivity index (χ0n) is 15.2. The predicted octanol–water partition coefficient (Wildman–Crippen LogP) is 1.73. The quantitative estimate of drug-likeness (QED) is 0.663. The maximum atomic E-state index is 12.6. The zero-order chi connectivity index (χ0) is 18.7. The van der Waals surface area contributed by atoms with Crippen molar-refractivity contribution in [2.45, 2.75) is 26.8 Å². The predicted molar refractivity (Wildman–Crippen MR) is 92.9 cm³/mol. The fourth-order valence-electron chi connectivity index (χ4n) is 2.45. The van der Waals surface area contributed by atoms with E-state index < -0.39 is 0 Å². The van der Waals surface area contributed by atoms with Gasteiger partial charge in [0.25, 0.3) is 5.91 Å². The fourth-order valence-corrected chi connectivity index (χ4v) is 2.45. The van der Waals surface area contributed by atoms with Crippen LogP contribution in [0, 0.1) is 5.92 Å². The summed E-state index contributed by atoms with van der Waals surface area (Å²) in [5.41, 5.74) is 1.36. The van der Waals surface area contributed by atoms with E-state index in [-0.39, 0.29) is 12.5 Å². The third-order valence-electron chi connectivity index (χ3n) is 3.72. The van der Waals surface area contributed by atoms with Crippen LogP contribution >= 0.6 is 0 Å². The molecule has 3 rings (SSSR count). The van der Waals surface area contributed by atoms with Crippen LogP contribution in [0.15, 0.2) is 28.8 Å². The van der Waals surface area contributed by atoms with Gasteiger partial charge in [0.1, 0.15) is 0 Å². The highest BCUT2D eigenvalue weighted by molar-refractivity contribution is 5.94. The van der Waals surface area contributed by atoms with Crippen molar-refractivity contribution in [3.8, 4) is 11.4 Å². The Balaban J connectivity index is 1.65. The van der Waals surface area contributed by atoms with E-state index in [1.807, 2.05) is 0 Å². The minimum absolute atomic E-state index is 0.126. The zero-order valence-corrected chi connectivity index (χ0v) is 15.2. The number of hydrogen-bond acceptors (Lipinski definition) is 7. The molecular weight excluding hydrogens is 334 g/mol. The Morgan fingerprint density at radius 1 is 1.27 bits per heavy atom. The standard InChI is InChI=1S/C17H21N7O2/c1-11(2)9-15-18-14(21-26-15)10-23(3)17(25)13-7-5-12(6-8-13)16-19-22-24(4)20-16/h5-8,11H,9-10H2,1-4H3. The normalized spacial score (nSPS) is 11.1. The first-order valence-electron chi connectivity index (χ1n) is 8.33. The lowest BCUT2D eigenvalue weighted by Gasteiger charge is -2.15. The Bertz CT molecular complexity index is 883. The molecular formula is C17H21N7O2. The van der Waals surface area contributed by atoms with E-state index in [0.29, 0.717) is 29.0 Å². The molecule has 0 aliphatic heterocycles. The topological polar surface area (TPSA) is 103 Å². The minimum Gasteiger partial charge on any atom is -0.339 e. The van der Waals surface area contributed by atoms with Gasteiger partial charge in [-0.25, -0.2) is 0 Å². The molecule has 0 aliphatic rings.